The number of hydrogen-bond donors (Lipinski definition) is 2. The van der Waals surface area contributed by atoms with Crippen molar-refractivity contribution in [3.63, 3.8) is 0 Å². The van der Waals surface area contributed by atoms with Crippen LogP contribution in [0.15, 0.2) is 25.3 Å². The molecule has 0 atom stereocenters. The van der Waals surface area contributed by atoms with Gasteiger partial charge in [-0.3, -0.25) is 4.55 Å². The zero-order valence-corrected chi connectivity index (χ0v) is 10.3. The molecule has 3 N–H and O–H groups in total. The lowest BCUT2D eigenvalue weighted by Gasteiger charge is -2.24. The van der Waals surface area contributed by atoms with Crippen molar-refractivity contribution in [3.05, 3.63) is 25.3 Å². The van der Waals surface area contributed by atoms with E-state index in [0.29, 0.717) is 6.26 Å². The molecule has 0 unspecified atom stereocenters. The minimum atomic E-state index is -3.67. The fraction of sp³-hybridized carbons (Fsp3) is 0.600. The molecule has 0 rings (SSSR count). The van der Waals surface area contributed by atoms with Gasteiger partial charge in [0.2, 0.25) is 0 Å². The van der Waals surface area contributed by atoms with Crippen LogP contribution in [0.25, 0.3) is 0 Å². The van der Waals surface area contributed by atoms with Gasteiger partial charge in [0.25, 0.3) is 10.1 Å². The van der Waals surface area contributed by atoms with E-state index in [9.17, 15) is 8.42 Å². The summed E-state index contributed by atoms with van der Waals surface area (Å²) in [7, 11) is -3.67. The van der Waals surface area contributed by atoms with Crippen molar-refractivity contribution in [1.82, 2.24) is 0 Å². The molecule has 0 heterocycles. The molecule has 0 radical (unpaired) electrons. The molecule has 90 valence electrons. The van der Waals surface area contributed by atoms with Crippen molar-refractivity contribution < 1.29 is 13.0 Å². The normalized spacial score (nSPS) is 11.2. The largest absolute Gasteiger partial charge is 0.325 e. The third kappa shape index (κ3) is 16.1. The summed E-state index contributed by atoms with van der Waals surface area (Å²) in [6.07, 6.45) is 7.17. The quantitative estimate of drug-likeness (QED) is 0.562. The van der Waals surface area contributed by atoms with Gasteiger partial charge >= 0.3 is 0 Å². The lowest BCUT2D eigenvalue weighted by molar-refractivity contribution is 0.420. The molecule has 0 aliphatic carbocycles. The lowest BCUT2D eigenvalue weighted by Crippen LogP contribution is -2.37. The Morgan fingerprint density at radius 2 is 1.60 bits per heavy atom. The van der Waals surface area contributed by atoms with Crippen molar-refractivity contribution in [2.45, 2.75) is 31.7 Å². The first-order valence-corrected chi connectivity index (χ1v) is 6.46. The summed E-state index contributed by atoms with van der Waals surface area (Å²) in [5.74, 6) is 0. The maximum absolute atomic E-state index is 9.19. The van der Waals surface area contributed by atoms with Crippen molar-refractivity contribution in [3.8, 4) is 0 Å². The highest BCUT2D eigenvalue weighted by atomic mass is 32.2. The van der Waals surface area contributed by atoms with E-state index < -0.39 is 10.1 Å². The van der Waals surface area contributed by atoms with Crippen LogP contribution in [0.4, 0.5) is 0 Å². The average Bonchev–Trinajstić information content (AvgIpc) is 2.02. The van der Waals surface area contributed by atoms with Gasteiger partial charge in [0.15, 0.2) is 0 Å². The Morgan fingerprint density at radius 3 is 1.73 bits per heavy atom. The standard InChI is InChI=1S/C9H17N.CH4O3S/c1-4-7-9(10,6-3)8-5-2;1-5(2,3)4/h4-5H,1-2,6-8,10H2,3H3;1H3,(H,2,3,4). The van der Waals surface area contributed by atoms with Gasteiger partial charge in [0, 0.05) is 5.54 Å². The molecular formula is C10H21NO3S. The molecule has 0 aliphatic heterocycles. The van der Waals surface area contributed by atoms with Crippen LogP contribution in [-0.2, 0) is 10.1 Å². The Kier molecular flexibility index (Phi) is 8.51. The van der Waals surface area contributed by atoms with Gasteiger partial charge in [-0.05, 0) is 19.3 Å². The van der Waals surface area contributed by atoms with Gasteiger partial charge in [0.05, 0.1) is 6.26 Å². The minimum Gasteiger partial charge on any atom is -0.325 e. The van der Waals surface area contributed by atoms with E-state index in [-0.39, 0.29) is 5.54 Å². The molecule has 4 nitrogen and oxygen atoms in total. The predicted octanol–water partition coefficient (Wildman–Crippen LogP) is 1.75. The molecule has 0 aliphatic rings. The van der Waals surface area contributed by atoms with Crippen LogP contribution >= 0.6 is 0 Å². The zero-order chi connectivity index (χ0) is 12.5. The molecule has 0 saturated heterocycles. The molecule has 15 heavy (non-hydrogen) atoms. The summed E-state index contributed by atoms with van der Waals surface area (Å²) in [6, 6.07) is 0. The Morgan fingerprint density at radius 1 is 1.33 bits per heavy atom. The summed E-state index contributed by atoms with van der Waals surface area (Å²) in [6.45, 7) is 9.41. The molecule has 0 amide bonds. The van der Waals surface area contributed by atoms with Gasteiger partial charge < -0.3 is 5.73 Å². The highest BCUT2D eigenvalue weighted by Gasteiger charge is 2.17. The monoisotopic (exact) mass is 235 g/mol. The second kappa shape index (κ2) is 7.62. The molecule has 5 heteroatoms. The van der Waals surface area contributed by atoms with Crippen LogP contribution < -0.4 is 5.73 Å². The summed E-state index contributed by atoms with van der Waals surface area (Å²) in [4.78, 5) is 0. The van der Waals surface area contributed by atoms with Gasteiger partial charge in [0.1, 0.15) is 0 Å². The maximum Gasteiger partial charge on any atom is 0.261 e. The van der Waals surface area contributed by atoms with Crippen LogP contribution in [0.5, 0.6) is 0 Å². The topological polar surface area (TPSA) is 80.4 Å². The first-order valence-electron chi connectivity index (χ1n) is 4.61. The molecule has 0 saturated carbocycles. The minimum absolute atomic E-state index is 0.0937. The summed E-state index contributed by atoms with van der Waals surface area (Å²) in [5, 5.41) is 0. The van der Waals surface area contributed by atoms with Gasteiger partial charge in [-0.25, -0.2) is 0 Å². The van der Waals surface area contributed by atoms with Crippen molar-refractivity contribution in [1.29, 1.82) is 0 Å². The first kappa shape index (κ1) is 16.8. The Bertz CT molecular complexity index is 265. The lowest BCUT2D eigenvalue weighted by atomic mass is 9.90. The number of hydrogen-bond acceptors (Lipinski definition) is 3. The second-order valence-electron chi connectivity index (χ2n) is 3.43. The van der Waals surface area contributed by atoms with E-state index in [4.69, 9.17) is 10.3 Å². The van der Waals surface area contributed by atoms with Crippen LogP contribution in [0.1, 0.15) is 26.2 Å². The van der Waals surface area contributed by atoms with E-state index in [2.05, 4.69) is 20.1 Å². The second-order valence-corrected chi connectivity index (χ2v) is 4.90. The van der Waals surface area contributed by atoms with Crippen molar-refractivity contribution >= 4 is 10.1 Å². The smallest absolute Gasteiger partial charge is 0.261 e. The highest BCUT2D eigenvalue weighted by Crippen LogP contribution is 2.16. The number of nitrogens with two attached hydrogens (primary N) is 1. The van der Waals surface area contributed by atoms with E-state index in [0.717, 1.165) is 19.3 Å². The summed E-state index contributed by atoms with van der Waals surface area (Å²) in [5.41, 5.74) is 5.88. The van der Waals surface area contributed by atoms with Crippen LogP contribution in [0.3, 0.4) is 0 Å². The van der Waals surface area contributed by atoms with E-state index >= 15 is 0 Å². The maximum atomic E-state index is 9.19. The molecule has 0 aromatic rings. The zero-order valence-electron chi connectivity index (χ0n) is 9.44. The summed E-state index contributed by atoms with van der Waals surface area (Å²) >= 11 is 0. The molecule has 0 fully saturated rings. The third-order valence-corrected chi connectivity index (χ3v) is 1.81. The van der Waals surface area contributed by atoms with E-state index in [1.807, 2.05) is 12.2 Å². The van der Waals surface area contributed by atoms with Crippen LogP contribution in [0.2, 0.25) is 0 Å². The van der Waals surface area contributed by atoms with Crippen LogP contribution in [-0.4, -0.2) is 24.8 Å². The van der Waals surface area contributed by atoms with Gasteiger partial charge in [-0.15, -0.1) is 13.2 Å². The molecular weight excluding hydrogens is 214 g/mol. The predicted molar refractivity (Wildman–Crippen MR) is 64.3 cm³/mol. The third-order valence-electron chi connectivity index (χ3n) is 1.81. The molecule has 0 aromatic heterocycles. The fourth-order valence-corrected chi connectivity index (χ4v) is 0.947. The van der Waals surface area contributed by atoms with Crippen molar-refractivity contribution in [2.24, 2.45) is 5.73 Å². The van der Waals surface area contributed by atoms with Gasteiger partial charge in [-0.1, -0.05) is 19.1 Å². The Hall–Kier alpha value is -0.650. The fourth-order valence-electron chi connectivity index (χ4n) is 0.947. The average molecular weight is 235 g/mol. The van der Waals surface area contributed by atoms with Crippen LogP contribution in [0, 0.1) is 0 Å². The van der Waals surface area contributed by atoms with Gasteiger partial charge in [-0.2, -0.15) is 8.42 Å². The number of rotatable bonds is 5. The van der Waals surface area contributed by atoms with Crippen molar-refractivity contribution in [2.75, 3.05) is 6.26 Å². The molecule has 0 aromatic carbocycles. The Balaban J connectivity index is 0. The molecule has 0 spiro atoms. The van der Waals surface area contributed by atoms with E-state index in [1.54, 1.807) is 0 Å². The highest BCUT2D eigenvalue weighted by molar-refractivity contribution is 7.85. The first-order chi connectivity index (χ1) is 6.68. The molecule has 0 bridgehead atoms. The SMILES string of the molecule is C=CCC(N)(CC)CC=C.CS(=O)(=O)O. The van der Waals surface area contributed by atoms with E-state index in [1.165, 1.54) is 0 Å². The Labute approximate surface area is 92.6 Å². The summed E-state index contributed by atoms with van der Waals surface area (Å²) < 4.78 is 25.9.